The summed E-state index contributed by atoms with van der Waals surface area (Å²) in [5.41, 5.74) is 0.563. The number of carboxylic acid groups (broad SMARTS) is 1. The molecule has 0 saturated heterocycles. The van der Waals surface area contributed by atoms with E-state index in [-0.39, 0.29) is 18.6 Å². The summed E-state index contributed by atoms with van der Waals surface area (Å²) in [4.78, 5) is 16.6. The van der Waals surface area contributed by atoms with Crippen molar-refractivity contribution in [1.82, 2.24) is 9.88 Å². The molecule has 1 aromatic rings. The molecule has 18 heavy (non-hydrogen) atoms. The predicted octanol–water partition coefficient (Wildman–Crippen LogP) is 2.63. The number of pyridine rings is 1. The van der Waals surface area contributed by atoms with E-state index in [1.54, 1.807) is 12.1 Å². The molecule has 0 aliphatic carbocycles. The SMILES string of the molecule is CC(C)C1CN(C(=O)O)Cc2nc(Cl)ccc2O1. The molecule has 5 nitrogen and oxygen atoms in total. The van der Waals surface area contributed by atoms with Gasteiger partial charge >= 0.3 is 6.09 Å². The van der Waals surface area contributed by atoms with Crippen molar-refractivity contribution < 1.29 is 14.6 Å². The van der Waals surface area contributed by atoms with E-state index in [1.807, 2.05) is 13.8 Å². The number of ether oxygens (including phenoxy) is 1. The molecule has 1 N–H and O–H groups in total. The number of rotatable bonds is 1. The summed E-state index contributed by atoms with van der Waals surface area (Å²) >= 11 is 5.82. The quantitative estimate of drug-likeness (QED) is 0.797. The first kappa shape index (κ1) is 13.0. The first-order chi connectivity index (χ1) is 8.47. The third-order valence-electron chi connectivity index (χ3n) is 2.93. The highest BCUT2D eigenvalue weighted by Gasteiger charge is 2.28. The zero-order valence-electron chi connectivity index (χ0n) is 10.3. The van der Waals surface area contributed by atoms with E-state index in [1.165, 1.54) is 4.90 Å². The summed E-state index contributed by atoms with van der Waals surface area (Å²) in [6.07, 6.45) is -1.15. The Bertz CT molecular complexity index is 465. The number of amides is 1. The fourth-order valence-corrected chi connectivity index (χ4v) is 2.00. The Kier molecular flexibility index (Phi) is 3.61. The van der Waals surface area contributed by atoms with Crippen LogP contribution < -0.4 is 4.74 Å². The molecule has 2 rings (SSSR count). The Morgan fingerprint density at radius 2 is 2.33 bits per heavy atom. The molecule has 1 atom stereocenters. The summed E-state index contributed by atoms with van der Waals surface area (Å²) in [5.74, 6) is 0.829. The highest BCUT2D eigenvalue weighted by molar-refractivity contribution is 6.29. The van der Waals surface area contributed by atoms with E-state index in [9.17, 15) is 4.79 Å². The van der Waals surface area contributed by atoms with Gasteiger partial charge in [0.05, 0.1) is 13.1 Å². The lowest BCUT2D eigenvalue weighted by atomic mass is 10.1. The van der Waals surface area contributed by atoms with Gasteiger partial charge < -0.3 is 9.84 Å². The van der Waals surface area contributed by atoms with Crippen LogP contribution in [0.15, 0.2) is 12.1 Å². The largest absolute Gasteiger partial charge is 0.486 e. The zero-order chi connectivity index (χ0) is 13.3. The minimum Gasteiger partial charge on any atom is -0.486 e. The maximum atomic E-state index is 11.2. The van der Waals surface area contributed by atoms with E-state index in [2.05, 4.69) is 4.98 Å². The van der Waals surface area contributed by atoms with Gasteiger partial charge in [0, 0.05) is 0 Å². The summed E-state index contributed by atoms with van der Waals surface area (Å²) in [6.45, 7) is 4.54. The number of hydrogen-bond acceptors (Lipinski definition) is 3. The fraction of sp³-hybridized carbons (Fsp3) is 0.500. The van der Waals surface area contributed by atoms with Crippen molar-refractivity contribution in [3.05, 3.63) is 23.0 Å². The van der Waals surface area contributed by atoms with Crippen LogP contribution in [-0.4, -0.2) is 33.7 Å². The molecule has 0 bridgehead atoms. The maximum Gasteiger partial charge on any atom is 0.407 e. The number of halogens is 1. The predicted molar refractivity (Wildman–Crippen MR) is 66.9 cm³/mol. The van der Waals surface area contributed by atoms with Crippen LogP contribution in [0.4, 0.5) is 4.79 Å². The van der Waals surface area contributed by atoms with Crippen LogP contribution in [0.1, 0.15) is 19.5 Å². The molecule has 1 amide bonds. The van der Waals surface area contributed by atoms with Crippen molar-refractivity contribution in [3.8, 4) is 5.75 Å². The third kappa shape index (κ3) is 2.67. The number of nitrogens with zero attached hydrogens (tertiary/aromatic N) is 2. The average molecular weight is 271 g/mol. The molecule has 1 aliphatic rings. The van der Waals surface area contributed by atoms with Crippen LogP contribution in [-0.2, 0) is 6.54 Å². The molecule has 98 valence electrons. The number of hydrogen-bond donors (Lipinski definition) is 1. The van der Waals surface area contributed by atoms with Crippen LogP contribution in [0.2, 0.25) is 5.15 Å². The molecule has 0 fully saturated rings. The molecule has 2 heterocycles. The van der Waals surface area contributed by atoms with Crippen LogP contribution in [0.5, 0.6) is 5.75 Å². The van der Waals surface area contributed by atoms with Crippen molar-refractivity contribution in [1.29, 1.82) is 0 Å². The van der Waals surface area contributed by atoms with Gasteiger partial charge in [-0.15, -0.1) is 0 Å². The van der Waals surface area contributed by atoms with Crippen molar-refractivity contribution in [2.75, 3.05) is 6.54 Å². The van der Waals surface area contributed by atoms with Crippen LogP contribution in [0, 0.1) is 5.92 Å². The summed E-state index contributed by atoms with van der Waals surface area (Å²) in [7, 11) is 0. The molecule has 6 heteroatoms. The highest BCUT2D eigenvalue weighted by Crippen LogP contribution is 2.27. The van der Waals surface area contributed by atoms with Gasteiger partial charge in [-0.05, 0) is 18.1 Å². The smallest absolute Gasteiger partial charge is 0.407 e. The normalized spacial score (nSPS) is 19.1. The minimum absolute atomic E-state index is 0.176. The Hall–Kier alpha value is -1.49. The highest BCUT2D eigenvalue weighted by atomic mass is 35.5. The van der Waals surface area contributed by atoms with E-state index < -0.39 is 6.09 Å². The standard InChI is InChI=1S/C12H15ClN2O3/c1-7(2)10-6-15(12(16)17)5-8-9(18-10)3-4-11(13)14-8/h3-4,7,10H,5-6H2,1-2H3,(H,16,17). The van der Waals surface area contributed by atoms with Crippen molar-refractivity contribution in [2.45, 2.75) is 26.5 Å². The lowest BCUT2D eigenvalue weighted by molar-refractivity contribution is 0.0959. The topological polar surface area (TPSA) is 62.7 Å². The van der Waals surface area contributed by atoms with Gasteiger partial charge in [-0.3, -0.25) is 4.90 Å². The molecule has 1 aliphatic heterocycles. The molecule has 1 aromatic heterocycles. The van der Waals surface area contributed by atoms with Gasteiger partial charge in [-0.1, -0.05) is 25.4 Å². The average Bonchev–Trinajstić information content (AvgIpc) is 2.47. The Balaban J connectivity index is 2.36. The summed E-state index contributed by atoms with van der Waals surface area (Å²) in [6, 6.07) is 3.39. The second-order valence-electron chi connectivity index (χ2n) is 4.64. The van der Waals surface area contributed by atoms with Crippen molar-refractivity contribution in [3.63, 3.8) is 0 Å². The Labute approximate surface area is 110 Å². The van der Waals surface area contributed by atoms with Crippen molar-refractivity contribution in [2.24, 2.45) is 5.92 Å². The molecular weight excluding hydrogens is 256 g/mol. The number of carbonyl (C=O) groups is 1. The molecule has 1 unspecified atom stereocenters. The third-order valence-corrected chi connectivity index (χ3v) is 3.14. The zero-order valence-corrected chi connectivity index (χ0v) is 11.0. The molecule has 0 radical (unpaired) electrons. The second-order valence-corrected chi connectivity index (χ2v) is 5.03. The monoisotopic (exact) mass is 270 g/mol. The van der Waals surface area contributed by atoms with E-state index in [0.29, 0.717) is 23.1 Å². The second kappa shape index (κ2) is 5.02. The van der Waals surface area contributed by atoms with Gasteiger partial charge in [-0.25, -0.2) is 9.78 Å². The first-order valence-electron chi connectivity index (χ1n) is 5.77. The fourth-order valence-electron chi connectivity index (χ4n) is 1.84. The summed E-state index contributed by atoms with van der Waals surface area (Å²) in [5, 5.41) is 9.51. The summed E-state index contributed by atoms with van der Waals surface area (Å²) < 4.78 is 5.83. The van der Waals surface area contributed by atoms with Crippen molar-refractivity contribution >= 4 is 17.7 Å². The maximum absolute atomic E-state index is 11.2. The van der Waals surface area contributed by atoms with E-state index >= 15 is 0 Å². The number of aromatic nitrogens is 1. The molecule has 0 aromatic carbocycles. The van der Waals surface area contributed by atoms with Gasteiger partial charge in [0.15, 0.2) is 0 Å². The first-order valence-corrected chi connectivity index (χ1v) is 6.15. The lowest BCUT2D eigenvalue weighted by Gasteiger charge is -2.24. The van der Waals surface area contributed by atoms with Crippen LogP contribution in [0.3, 0.4) is 0 Å². The number of fused-ring (bicyclic) bond motifs is 1. The Morgan fingerprint density at radius 3 is 2.94 bits per heavy atom. The Morgan fingerprint density at radius 1 is 1.61 bits per heavy atom. The minimum atomic E-state index is -0.973. The van der Waals surface area contributed by atoms with Crippen LogP contribution >= 0.6 is 11.6 Å². The van der Waals surface area contributed by atoms with Gasteiger partial charge in [-0.2, -0.15) is 0 Å². The van der Waals surface area contributed by atoms with E-state index in [0.717, 1.165) is 0 Å². The molecule has 0 saturated carbocycles. The van der Waals surface area contributed by atoms with Gasteiger partial charge in [0.25, 0.3) is 0 Å². The van der Waals surface area contributed by atoms with Gasteiger partial charge in [0.1, 0.15) is 22.7 Å². The lowest BCUT2D eigenvalue weighted by Crippen LogP contribution is -2.38. The van der Waals surface area contributed by atoms with Gasteiger partial charge in [0.2, 0.25) is 0 Å². The molecule has 0 spiro atoms. The van der Waals surface area contributed by atoms with E-state index in [4.69, 9.17) is 21.4 Å². The molecular formula is C12H15ClN2O3. The van der Waals surface area contributed by atoms with Crippen LogP contribution in [0.25, 0.3) is 0 Å².